The molecule has 3 aliphatic carbocycles. The van der Waals surface area contributed by atoms with Crippen molar-refractivity contribution in [2.75, 3.05) is 11.0 Å². The van der Waals surface area contributed by atoms with E-state index in [-0.39, 0.29) is 0 Å². The van der Waals surface area contributed by atoms with E-state index in [4.69, 9.17) is 5.26 Å². The Morgan fingerprint density at radius 3 is 1.19 bits per heavy atom. The summed E-state index contributed by atoms with van der Waals surface area (Å²) in [6.45, 7) is 47.9. The van der Waals surface area contributed by atoms with Crippen LogP contribution in [0.5, 0.6) is 0 Å². The number of nitrogens with zero attached hydrogens (tertiary/aromatic N) is 7. The van der Waals surface area contributed by atoms with Crippen molar-refractivity contribution >= 4 is 15.7 Å². The van der Waals surface area contributed by atoms with Crippen LogP contribution in [-0.2, 0) is 10.0 Å². The monoisotopic (exact) mass is 1310 g/mol. The second-order valence-electron chi connectivity index (χ2n) is 28.7. The number of anilines is 1. The van der Waals surface area contributed by atoms with Gasteiger partial charge in [0.2, 0.25) is 10.0 Å². The lowest BCUT2D eigenvalue weighted by atomic mass is 9.78. The van der Waals surface area contributed by atoms with E-state index in [0.717, 1.165) is 70.2 Å². The Balaban J connectivity index is 0.000000525. The summed E-state index contributed by atoms with van der Waals surface area (Å²) in [6, 6.07) is 27.4. The topological polar surface area (TPSA) is 179 Å². The molecule has 0 saturated heterocycles. The first-order valence-electron chi connectivity index (χ1n) is 35.5. The number of hydrogen-bond acceptors (Lipinski definition) is 9. The number of aryl methyl sites for hydroxylation is 2. The maximum Gasteiger partial charge on any atom is 0.229 e. The van der Waals surface area contributed by atoms with Gasteiger partial charge in [-0.1, -0.05) is 252 Å². The van der Waals surface area contributed by atoms with E-state index in [0.29, 0.717) is 47.1 Å². The smallest absolute Gasteiger partial charge is 0.229 e. The largest absolute Gasteiger partial charge is 0.348 e. The van der Waals surface area contributed by atoms with Crippen molar-refractivity contribution in [3.63, 3.8) is 0 Å². The van der Waals surface area contributed by atoms with Crippen molar-refractivity contribution in [1.82, 2.24) is 39.9 Å². The van der Waals surface area contributed by atoms with Crippen LogP contribution in [0.1, 0.15) is 313 Å². The number of rotatable bonds is 12. The van der Waals surface area contributed by atoms with Crippen LogP contribution in [0.3, 0.4) is 0 Å². The Hall–Kier alpha value is -6.52. The highest BCUT2D eigenvalue weighted by molar-refractivity contribution is 7.92. The van der Waals surface area contributed by atoms with Crippen LogP contribution in [0.4, 0.5) is 5.69 Å². The number of nitrogens with one attached hydrogen (secondary N) is 3. The van der Waals surface area contributed by atoms with Gasteiger partial charge in [0, 0.05) is 71.8 Å². The zero-order valence-electron chi connectivity index (χ0n) is 63.0. The molecule has 0 bridgehead atoms. The summed E-state index contributed by atoms with van der Waals surface area (Å²) < 4.78 is 24.2. The minimum absolute atomic E-state index is 0.460. The van der Waals surface area contributed by atoms with Crippen molar-refractivity contribution in [2.45, 2.75) is 271 Å². The maximum atomic E-state index is 10.9. The molecule has 0 spiro atoms. The van der Waals surface area contributed by atoms with Gasteiger partial charge in [0.1, 0.15) is 5.82 Å². The number of pyridine rings is 2. The van der Waals surface area contributed by atoms with Crippen LogP contribution < -0.4 is 4.72 Å². The summed E-state index contributed by atoms with van der Waals surface area (Å²) in [4.78, 5) is 30.6. The van der Waals surface area contributed by atoms with Crippen molar-refractivity contribution in [3.8, 4) is 6.07 Å². The van der Waals surface area contributed by atoms with Gasteiger partial charge in [0.25, 0.3) is 0 Å². The van der Waals surface area contributed by atoms with Gasteiger partial charge < -0.3 is 9.97 Å². The first-order valence-corrected chi connectivity index (χ1v) is 37.4. The SMILES string of the molecule is CC(C)C1CCC1.CC(C)C1CCCC1.CC(C)C1CCCCC1.CC(C)c1ccc(C#N)cc1.CC(C)c1ccc(NS(C)(=O)=O)cc1.CC(C)c1ccccn1.CC(C)c1cnc[nH]1.CC(C)c1cnccn1.Cc1ccc(C(C)C)cn1.Cc1ncc(C(C)C)[nH]1. The summed E-state index contributed by atoms with van der Waals surface area (Å²) in [6.07, 6.45) is 33.5. The van der Waals surface area contributed by atoms with Crippen LogP contribution >= 0.6 is 0 Å². The predicted molar refractivity (Wildman–Crippen MR) is 402 cm³/mol. The standard InChI is InChI=1S/C10H15NO2S.C10H11N.C9H13N.C9H18.C8H11N.C8H16.C7H12N2.C7H10N2.C7H14.C6H10N2/c1-8(2)9-4-6-10(7-5-9)11-14(3,12)13;1-8(2)10-5-3-9(7-11)4-6-10;1-7(2)9-5-4-8(3)10-6-9;1-8(2)9-6-4-3-5-7-9;1-7(2)8-5-3-4-6-9-8;1-7(2)8-5-3-4-6-8;1-5(2)7-4-8-6(3)9-7;1-6(2)7-5-8-3-4-9-7;1-6(2)7-4-3-5-7;1-5(2)6-3-7-4-8-6/h4-8,11H,1-3H3;3-6,8H,1-2H3;4-7H,1-3H3;8-9H,3-7H2,1-2H3;3-7H,1-2H3;7-8H,3-6H2,1-2H3;4-5H,1-3H3,(H,8,9);3-6H,1-2H3;6-7H,3-5H2,1-2H3;3-5H,1-2H3,(H,7,8). The third kappa shape index (κ3) is 40.0. The van der Waals surface area contributed by atoms with Crippen LogP contribution in [0.2, 0.25) is 0 Å². The highest BCUT2D eigenvalue weighted by atomic mass is 32.2. The molecule has 2 aromatic carbocycles. The number of sulfonamides is 1. The first-order chi connectivity index (χ1) is 44.3. The lowest BCUT2D eigenvalue weighted by molar-refractivity contribution is 0.235. The molecule has 94 heavy (non-hydrogen) atoms. The van der Waals surface area contributed by atoms with Gasteiger partial charge in [-0.15, -0.1) is 0 Å². The summed E-state index contributed by atoms with van der Waals surface area (Å²) >= 11 is 0. The zero-order valence-corrected chi connectivity index (χ0v) is 63.8. The first kappa shape index (κ1) is 85.5. The van der Waals surface area contributed by atoms with Crippen LogP contribution in [-0.4, -0.2) is 54.5 Å². The number of nitriles is 1. The van der Waals surface area contributed by atoms with Gasteiger partial charge in [0.15, 0.2) is 0 Å². The molecule has 5 aromatic heterocycles. The van der Waals surface area contributed by atoms with Gasteiger partial charge in [0.05, 0.1) is 29.9 Å². The minimum Gasteiger partial charge on any atom is -0.348 e. The van der Waals surface area contributed by atoms with Gasteiger partial charge in [-0.3, -0.25) is 24.7 Å². The molecule has 12 nitrogen and oxygen atoms in total. The molecule has 3 N–H and O–H groups in total. The number of H-pyrrole nitrogens is 2. The fraction of sp³-hybridized carbons (Fsp3) is 0.593. The molecule has 3 saturated carbocycles. The molecule has 0 radical (unpaired) electrons. The molecular weight excluding hydrogens is 1180 g/mol. The Bertz CT molecular complexity index is 3010. The van der Waals surface area contributed by atoms with Gasteiger partial charge in [-0.2, -0.15) is 5.26 Å². The Labute approximate surface area is 574 Å². The number of aromatic nitrogens is 8. The van der Waals surface area contributed by atoms with Crippen molar-refractivity contribution < 1.29 is 8.42 Å². The Morgan fingerprint density at radius 2 is 0.915 bits per heavy atom. The molecule has 10 rings (SSSR count). The van der Waals surface area contributed by atoms with E-state index >= 15 is 0 Å². The predicted octanol–water partition coefficient (Wildman–Crippen LogP) is 23.1. The molecule has 0 aliphatic heterocycles. The Morgan fingerprint density at radius 1 is 0.447 bits per heavy atom. The van der Waals surface area contributed by atoms with Gasteiger partial charge >= 0.3 is 0 Å². The van der Waals surface area contributed by atoms with Crippen LogP contribution in [0.15, 0.2) is 129 Å². The van der Waals surface area contributed by atoms with E-state index in [9.17, 15) is 8.42 Å². The van der Waals surface area contributed by atoms with Gasteiger partial charge in [-0.05, 0) is 150 Å². The molecule has 0 unspecified atom stereocenters. The highest BCUT2D eigenvalue weighted by Crippen LogP contribution is 2.33. The third-order valence-electron chi connectivity index (χ3n) is 17.2. The molecule has 3 aliphatic rings. The molecule has 522 valence electrons. The van der Waals surface area contributed by atoms with E-state index in [2.05, 4.69) is 201 Å². The fourth-order valence-corrected chi connectivity index (χ4v) is 10.7. The summed E-state index contributed by atoms with van der Waals surface area (Å²) in [7, 11) is -3.16. The quantitative estimate of drug-likeness (QED) is 0.107. The van der Waals surface area contributed by atoms with Crippen molar-refractivity contribution in [2.24, 2.45) is 35.5 Å². The number of aromatic amines is 2. The van der Waals surface area contributed by atoms with Crippen LogP contribution in [0, 0.1) is 60.7 Å². The molecule has 7 aromatic rings. The van der Waals surface area contributed by atoms with E-state index < -0.39 is 10.0 Å². The molecule has 3 fully saturated rings. The lowest BCUT2D eigenvalue weighted by Crippen LogP contribution is -2.16. The minimum atomic E-state index is -3.16. The molecule has 13 heteroatoms. The highest BCUT2D eigenvalue weighted by Gasteiger charge is 2.20. The van der Waals surface area contributed by atoms with E-state index in [1.807, 2.05) is 93.2 Å². The average molecular weight is 1310 g/mol. The summed E-state index contributed by atoms with van der Waals surface area (Å²) in [5.74, 6) is 10.8. The number of benzene rings is 2. The van der Waals surface area contributed by atoms with E-state index in [1.165, 1.54) is 105 Å². The fourth-order valence-electron chi connectivity index (χ4n) is 10.1. The molecule has 0 amide bonds. The summed E-state index contributed by atoms with van der Waals surface area (Å²) in [5, 5.41) is 8.52. The normalized spacial score (nSPS) is 13.7. The number of hydrogen-bond donors (Lipinski definition) is 3. The summed E-state index contributed by atoms with van der Waals surface area (Å²) in [5.41, 5.74) is 10.8. The maximum absolute atomic E-state index is 10.9. The van der Waals surface area contributed by atoms with Crippen molar-refractivity contribution in [3.05, 3.63) is 185 Å². The molecule has 5 heterocycles. The zero-order chi connectivity index (χ0) is 70.8. The van der Waals surface area contributed by atoms with E-state index in [1.54, 1.807) is 37.1 Å². The average Bonchev–Trinajstić information content (AvgIpc) is 3.94. The molecule has 0 atom stereocenters. The third-order valence-corrected chi connectivity index (χ3v) is 17.8. The lowest BCUT2D eigenvalue weighted by Gasteiger charge is -2.28. The van der Waals surface area contributed by atoms with Crippen molar-refractivity contribution in [1.29, 1.82) is 5.26 Å². The molecular formula is C81H130N10O2S. The van der Waals surface area contributed by atoms with Gasteiger partial charge in [-0.25, -0.2) is 18.4 Å². The second kappa shape index (κ2) is 48.2. The Kier molecular flexibility index (Phi) is 43.9. The number of imidazole rings is 2. The van der Waals surface area contributed by atoms with Crippen LogP contribution in [0.25, 0.3) is 0 Å². The second-order valence-corrected chi connectivity index (χ2v) is 30.5.